The molecule has 4 nitrogen and oxygen atoms in total. The molecule has 286 valence electrons. The zero-order valence-corrected chi connectivity index (χ0v) is 33.3. The van der Waals surface area contributed by atoms with Gasteiger partial charge in [0.25, 0.3) is 5.97 Å². The normalized spacial score (nSPS) is 18.6. The first-order valence-electron chi connectivity index (χ1n) is 21.3. The summed E-state index contributed by atoms with van der Waals surface area (Å²) in [6, 6.07) is 0. The quantitative estimate of drug-likeness (QED) is 0.0485. The van der Waals surface area contributed by atoms with E-state index >= 15 is 0 Å². The van der Waals surface area contributed by atoms with Crippen LogP contribution < -0.4 is 0 Å². The van der Waals surface area contributed by atoms with Crippen LogP contribution >= 0.6 is 0 Å². The fraction of sp³-hybridized carbons (Fsp3) is 0.822. The molecular weight excluding hydrogens is 602 g/mol. The molecule has 1 rings (SSSR count). The molecule has 49 heavy (non-hydrogen) atoms. The standard InChI is InChI=1S/C45H83NO3/c1-5-7-9-11-13-15-17-19-21-23-25-27-29-31-33-35-37-40-45(48-43-44(49-45)39-41-46(3)4)47-42-38-36-34-32-30-28-26-24-22-20-18-16-14-12-10-8-6-2/h13-16,19-22,44H,5-12,17-18,23-43H2,1-4H3/b15-13-,16-14-,21-19-,22-20-/t44-,45?/m1/s1. The summed E-state index contributed by atoms with van der Waals surface area (Å²) in [5.41, 5.74) is 0. The molecule has 0 N–H and O–H groups in total. The van der Waals surface area contributed by atoms with E-state index in [1.54, 1.807) is 0 Å². The summed E-state index contributed by atoms with van der Waals surface area (Å²) in [7, 11) is 4.25. The van der Waals surface area contributed by atoms with Crippen LogP contribution in [0.2, 0.25) is 0 Å². The molecule has 4 heteroatoms. The highest BCUT2D eigenvalue weighted by Gasteiger charge is 2.42. The molecule has 1 fully saturated rings. The Labute approximate surface area is 306 Å². The number of ether oxygens (including phenoxy) is 3. The van der Waals surface area contributed by atoms with E-state index in [2.05, 4.69) is 81.5 Å². The van der Waals surface area contributed by atoms with Crippen LogP contribution in [0.15, 0.2) is 48.6 Å². The highest BCUT2D eigenvalue weighted by Crippen LogP contribution is 2.32. The summed E-state index contributed by atoms with van der Waals surface area (Å²) in [5, 5.41) is 0. The summed E-state index contributed by atoms with van der Waals surface area (Å²) in [6.45, 7) is 6.94. The third-order valence-corrected chi connectivity index (χ3v) is 9.58. The van der Waals surface area contributed by atoms with Crippen molar-refractivity contribution >= 4 is 0 Å². The first kappa shape index (κ1) is 45.8. The van der Waals surface area contributed by atoms with Crippen LogP contribution in [0, 0.1) is 0 Å². The molecule has 1 aliphatic rings. The predicted molar refractivity (Wildman–Crippen MR) is 215 cm³/mol. The molecule has 1 unspecified atom stereocenters. The van der Waals surface area contributed by atoms with E-state index in [4.69, 9.17) is 14.2 Å². The molecule has 0 bridgehead atoms. The molecule has 2 atom stereocenters. The lowest BCUT2D eigenvalue weighted by atomic mass is 10.1. The van der Waals surface area contributed by atoms with Crippen molar-refractivity contribution in [1.82, 2.24) is 4.90 Å². The maximum Gasteiger partial charge on any atom is 0.283 e. The van der Waals surface area contributed by atoms with Crippen LogP contribution in [0.3, 0.4) is 0 Å². The molecule has 0 aromatic carbocycles. The van der Waals surface area contributed by atoms with Crippen LogP contribution in [0.1, 0.15) is 194 Å². The Morgan fingerprint density at radius 1 is 0.551 bits per heavy atom. The minimum absolute atomic E-state index is 0.139. The molecule has 0 radical (unpaired) electrons. The van der Waals surface area contributed by atoms with Gasteiger partial charge >= 0.3 is 0 Å². The number of unbranched alkanes of at least 4 members (excludes halogenated alkanes) is 20. The molecule has 0 aromatic rings. The van der Waals surface area contributed by atoms with Crippen LogP contribution in [-0.2, 0) is 14.2 Å². The molecular formula is C45H83NO3. The van der Waals surface area contributed by atoms with Crippen molar-refractivity contribution in [2.24, 2.45) is 0 Å². The third-order valence-electron chi connectivity index (χ3n) is 9.58. The maximum atomic E-state index is 6.47. The van der Waals surface area contributed by atoms with Gasteiger partial charge < -0.3 is 19.1 Å². The lowest BCUT2D eigenvalue weighted by Crippen LogP contribution is -2.35. The molecule has 0 aliphatic carbocycles. The average Bonchev–Trinajstić information content (AvgIpc) is 3.51. The number of allylic oxidation sites excluding steroid dienone is 8. The second-order valence-electron chi connectivity index (χ2n) is 14.8. The Hall–Kier alpha value is -1.20. The molecule has 0 aromatic heterocycles. The van der Waals surface area contributed by atoms with Gasteiger partial charge in [0.1, 0.15) is 0 Å². The Balaban J connectivity index is 2.12. The predicted octanol–water partition coefficient (Wildman–Crippen LogP) is 13.8. The Bertz CT molecular complexity index is 803. The summed E-state index contributed by atoms with van der Waals surface area (Å²) in [6.07, 6.45) is 53.9. The van der Waals surface area contributed by atoms with E-state index in [9.17, 15) is 0 Å². The van der Waals surface area contributed by atoms with Crippen molar-refractivity contribution in [3.05, 3.63) is 48.6 Å². The van der Waals surface area contributed by atoms with E-state index in [1.807, 2.05) is 0 Å². The Morgan fingerprint density at radius 3 is 1.45 bits per heavy atom. The summed E-state index contributed by atoms with van der Waals surface area (Å²) < 4.78 is 19.1. The van der Waals surface area contributed by atoms with Crippen molar-refractivity contribution in [2.45, 2.75) is 206 Å². The third kappa shape index (κ3) is 30.2. The number of hydrogen-bond acceptors (Lipinski definition) is 4. The SMILES string of the molecule is CCCCC/C=C\C/C=C\CCCCCCCCCOC1(CCCCCCCCC/C=C\C/C=C\CCCCC)OC[C@@H](CCN(C)C)O1. The highest BCUT2D eigenvalue weighted by atomic mass is 16.9. The monoisotopic (exact) mass is 686 g/mol. The molecule has 1 aliphatic heterocycles. The molecule has 0 saturated carbocycles. The van der Waals surface area contributed by atoms with E-state index in [-0.39, 0.29) is 6.10 Å². The van der Waals surface area contributed by atoms with E-state index in [0.717, 1.165) is 51.7 Å². The first-order chi connectivity index (χ1) is 24.1. The zero-order chi connectivity index (χ0) is 35.4. The van der Waals surface area contributed by atoms with Gasteiger partial charge in [0.05, 0.1) is 19.3 Å². The molecule has 0 amide bonds. The minimum atomic E-state index is -0.813. The number of rotatable bonds is 36. The fourth-order valence-corrected chi connectivity index (χ4v) is 6.37. The second kappa shape index (κ2) is 35.2. The van der Waals surface area contributed by atoms with Crippen LogP contribution in [0.5, 0.6) is 0 Å². The molecule has 1 saturated heterocycles. The van der Waals surface area contributed by atoms with Gasteiger partial charge in [-0.1, -0.05) is 152 Å². The second-order valence-corrected chi connectivity index (χ2v) is 14.8. The largest absolute Gasteiger partial charge is 0.327 e. The summed E-state index contributed by atoms with van der Waals surface area (Å²) in [4.78, 5) is 2.22. The van der Waals surface area contributed by atoms with E-state index in [0.29, 0.717) is 6.61 Å². The van der Waals surface area contributed by atoms with Crippen molar-refractivity contribution < 1.29 is 14.2 Å². The van der Waals surface area contributed by atoms with E-state index in [1.165, 1.54) is 141 Å². The van der Waals surface area contributed by atoms with Gasteiger partial charge in [-0.15, -0.1) is 0 Å². The summed E-state index contributed by atoms with van der Waals surface area (Å²) >= 11 is 0. The topological polar surface area (TPSA) is 30.9 Å². The maximum absolute atomic E-state index is 6.47. The Kier molecular flexibility index (Phi) is 32.9. The highest BCUT2D eigenvalue weighted by molar-refractivity contribution is 4.93. The molecule has 0 spiro atoms. The van der Waals surface area contributed by atoms with Crippen molar-refractivity contribution in [2.75, 3.05) is 33.9 Å². The Morgan fingerprint density at radius 2 is 0.980 bits per heavy atom. The van der Waals surface area contributed by atoms with Crippen molar-refractivity contribution in [1.29, 1.82) is 0 Å². The van der Waals surface area contributed by atoms with Crippen molar-refractivity contribution in [3.63, 3.8) is 0 Å². The first-order valence-corrected chi connectivity index (χ1v) is 21.3. The van der Waals surface area contributed by atoms with Crippen molar-refractivity contribution in [3.8, 4) is 0 Å². The zero-order valence-electron chi connectivity index (χ0n) is 33.3. The number of hydrogen-bond donors (Lipinski definition) is 0. The lowest BCUT2D eigenvalue weighted by molar-refractivity contribution is -0.341. The summed E-state index contributed by atoms with van der Waals surface area (Å²) in [5.74, 6) is -0.813. The van der Waals surface area contributed by atoms with Gasteiger partial charge in [-0.2, -0.15) is 0 Å². The van der Waals surface area contributed by atoms with E-state index < -0.39 is 5.97 Å². The van der Waals surface area contributed by atoms with Crippen LogP contribution in [-0.4, -0.2) is 50.8 Å². The van der Waals surface area contributed by atoms with Crippen LogP contribution in [0.25, 0.3) is 0 Å². The van der Waals surface area contributed by atoms with Gasteiger partial charge in [0, 0.05) is 13.0 Å². The van der Waals surface area contributed by atoms with Gasteiger partial charge in [-0.05, 0) is 97.6 Å². The van der Waals surface area contributed by atoms with Gasteiger partial charge in [-0.25, -0.2) is 0 Å². The lowest BCUT2D eigenvalue weighted by Gasteiger charge is -2.28. The fourth-order valence-electron chi connectivity index (χ4n) is 6.37. The minimum Gasteiger partial charge on any atom is -0.327 e. The van der Waals surface area contributed by atoms with Gasteiger partial charge in [0.2, 0.25) is 0 Å². The van der Waals surface area contributed by atoms with Gasteiger partial charge in [0.15, 0.2) is 0 Å². The van der Waals surface area contributed by atoms with Gasteiger partial charge in [-0.3, -0.25) is 0 Å². The smallest absolute Gasteiger partial charge is 0.283 e. The number of nitrogens with zero attached hydrogens (tertiary/aromatic N) is 1. The average molecular weight is 686 g/mol. The van der Waals surface area contributed by atoms with Crippen LogP contribution in [0.4, 0.5) is 0 Å². The molecule has 1 heterocycles.